The Bertz CT molecular complexity index is 491. The molecule has 0 aromatic heterocycles. The Kier molecular flexibility index (Phi) is 3.40. The molecule has 0 spiro atoms. The Morgan fingerprint density at radius 2 is 1.94 bits per heavy atom. The fourth-order valence-electron chi connectivity index (χ4n) is 1.40. The molecule has 0 aliphatic rings. The average molecular weight is 226 g/mol. The number of hydrogen-bond acceptors (Lipinski definition) is 2. The summed E-state index contributed by atoms with van der Waals surface area (Å²) in [4.78, 5) is 11.8. The predicted octanol–water partition coefficient (Wildman–Crippen LogP) is 2.75. The monoisotopic (exact) mass is 226 g/mol. The average Bonchev–Trinajstić information content (AvgIpc) is 2.40. The number of ether oxygens (including phenoxy) is 1. The van der Waals surface area contributed by atoms with Gasteiger partial charge in [-0.25, -0.2) is 0 Å². The molecule has 2 aromatic rings. The van der Waals surface area contributed by atoms with Crippen LogP contribution in [0.4, 0.5) is 5.69 Å². The molecule has 0 heterocycles. The Hall–Kier alpha value is -2.29. The number of nitrogens with one attached hydrogen (secondary N) is 1. The second kappa shape index (κ2) is 5.16. The first kappa shape index (κ1) is 11.2. The molecule has 1 amide bonds. The SMILES string of the molecule is COc1[c]cc(C(=O)Nc2ccccc2)cc1. The predicted molar refractivity (Wildman–Crippen MR) is 66.2 cm³/mol. The molecule has 0 saturated heterocycles. The van der Waals surface area contributed by atoms with Crippen LogP contribution in [-0.2, 0) is 0 Å². The van der Waals surface area contributed by atoms with Crippen molar-refractivity contribution in [1.29, 1.82) is 0 Å². The minimum atomic E-state index is -0.157. The molecule has 0 fully saturated rings. The molecule has 2 rings (SSSR count). The third-order valence-electron chi connectivity index (χ3n) is 2.30. The van der Waals surface area contributed by atoms with Crippen molar-refractivity contribution in [1.82, 2.24) is 0 Å². The smallest absolute Gasteiger partial charge is 0.255 e. The van der Waals surface area contributed by atoms with Gasteiger partial charge < -0.3 is 10.1 Å². The first-order valence-corrected chi connectivity index (χ1v) is 5.22. The Balaban J connectivity index is 2.09. The van der Waals surface area contributed by atoms with Gasteiger partial charge in [-0.05, 0) is 30.3 Å². The lowest BCUT2D eigenvalue weighted by molar-refractivity contribution is 0.102. The number of para-hydroxylation sites is 1. The van der Waals surface area contributed by atoms with E-state index in [-0.39, 0.29) is 5.91 Å². The molecule has 0 atom stereocenters. The number of amides is 1. The van der Waals surface area contributed by atoms with Crippen molar-refractivity contribution in [2.75, 3.05) is 12.4 Å². The lowest BCUT2D eigenvalue weighted by atomic mass is 10.2. The van der Waals surface area contributed by atoms with E-state index >= 15 is 0 Å². The second-order valence-corrected chi connectivity index (χ2v) is 3.47. The van der Waals surface area contributed by atoms with Gasteiger partial charge >= 0.3 is 0 Å². The standard InChI is InChI=1S/C14H12NO2/c1-17-13-9-7-11(8-10-13)14(16)15-12-5-3-2-4-6-12/h2-9H,1H3,(H,15,16). The molecule has 17 heavy (non-hydrogen) atoms. The molecule has 0 unspecified atom stereocenters. The molecule has 0 bridgehead atoms. The molecular formula is C14H12NO2. The quantitative estimate of drug-likeness (QED) is 0.873. The highest BCUT2D eigenvalue weighted by atomic mass is 16.5. The fraction of sp³-hybridized carbons (Fsp3) is 0.0714. The number of carbonyl (C=O) groups is 1. The van der Waals surface area contributed by atoms with E-state index in [2.05, 4.69) is 11.4 Å². The maximum Gasteiger partial charge on any atom is 0.255 e. The van der Waals surface area contributed by atoms with Crippen molar-refractivity contribution in [3.8, 4) is 5.75 Å². The van der Waals surface area contributed by atoms with Crippen LogP contribution in [0.5, 0.6) is 5.75 Å². The molecule has 0 aliphatic heterocycles. The summed E-state index contributed by atoms with van der Waals surface area (Å²) < 4.78 is 4.98. The van der Waals surface area contributed by atoms with Crippen LogP contribution < -0.4 is 10.1 Å². The van der Waals surface area contributed by atoms with Crippen LogP contribution in [0.2, 0.25) is 0 Å². The van der Waals surface area contributed by atoms with E-state index in [4.69, 9.17) is 4.74 Å². The number of anilines is 1. The van der Waals surface area contributed by atoms with Crippen LogP contribution in [-0.4, -0.2) is 13.0 Å². The Labute approximate surface area is 100 Å². The molecular weight excluding hydrogens is 214 g/mol. The van der Waals surface area contributed by atoms with Crippen LogP contribution in [0.15, 0.2) is 48.5 Å². The fourth-order valence-corrected chi connectivity index (χ4v) is 1.40. The van der Waals surface area contributed by atoms with Crippen LogP contribution in [0.3, 0.4) is 0 Å². The zero-order valence-electron chi connectivity index (χ0n) is 9.44. The number of rotatable bonds is 3. The topological polar surface area (TPSA) is 38.3 Å². The lowest BCUT2D eigenvalue weighted by Crippen LogP contribution is -2.11. The minimum absolute atomic E-state index is 0.157. The van der Waals surface area contributed by atoms with Gasteiger partial charge in [0.25, 0.3) is 5.91 Å². The number of carbonyl (C=O) groups excluding carboxylic acids is 1. The van der Waals surface area contributed by atoms with Gasteiger partial charge in [-0.15, -0.1) is 0 Å². The van der Waals surface area contributed by atoms with Crippen molar-refractivity contribution in [3.63, 3.8) is 0 Å². The molecule has 3 nitrogen and oxygen atoms in total. The highest BCUT2D eigenvalue weighted by Crippen LogP contribution is 2.12. The van der Waals surface area contributed by atoms with Crippen molar-refractivity contribution in [2.45, 2.75) is 0 Å². The van der Waals surface area contributed by atoms with Crippen LogP contribution in [0, 0.1) is 6.07 Å². The maximum absolute atomic E-state index is 11.8. The summed E-state index contributed by atoms with van der Waals surface area (Å²) >= 11 is 0. The van der Waals surface area contributed by atoms with Gasteiger partial charge in [0, 0.05) is 17.3 Å². The Morgan fingerprint density at radius 3 is 2.53 bits per heavy atom. The summed E-state index contributed by atoms with van der Waals surface area (Å²) in [5.41, 5.74) is 1.32. The summed E-state index contributed by atoms with van der Waals surface area (Å²) in [6.07, 6.45) is 0. The number of methoxy groups -OCH3 is 1. The van der Waals surface area contributed by atoms with Crippen LogP contribution in [0.25, 0.3) is 0 Å². The lowest BCUT2D eigenvalue weighted by Gasteiger charge is -2.05. The zero-order valence-corrected chi connectivity index (χ0v) is 9.44. The first-order valence-electron chi connectivity index (χ1n) is 5.22. The van der Waals surface area contributed by atoms with E-state index in [1.165, 1.54) is 0 Å². The van der Waals surface area contributed by atoms with Crippen molar-refractivity contribution in [2.24, 2.45) is 0 Å². The zero-order chi connectivity index (χ0) is 12.1. The van der Waals surface area contributed by atoms with E-state index in [1.807, 2.05) is 30.3 Å². The van der Waals surface area contributed by atoms with E-state index in [1.54, 1.807) is 25.3 Å². The van der Waals surface area contributed by atoms with E-state index in [0.29, 0.717) is 11.3 Å². The molecule has 3 heteroatoms. The Morgan fingerprint density at radius 1 is 1.18 bits per heavy atom. The number of hydrogen-bond donors (Lipinski definition) is 1. The van der Waals surface area contributed by atoms with Gasteiger partial charge in [0.15, 0.2) is 0 Å². The van der Waals surface area contributed by atoms with E-state index in [9.17, 15) is 4.79 Å². The van der Waals surface area contributed by atoms with Gasteiger partial charge in [-0.3, -0.25) is 4.79 Å². The van der Waals surface area contributed by atoms with E-state index in [0.717, 1.165) is 5.69 Å². The third-order valence-corrected chi connectivity index (χ3v) is 2.30. The van der Waals surface area contributed by atoms with E-state index < -0.39 is 0 Å². The molecule has 0 aliphatic carbocycles. The van der Waals surface area contributed by atoms with Crippen molar-refractivity contribution < 1.29 is 9.53 Å². The highest BCUT2D eigenvalue weighted by molar-refractivity contribution is 6.04. The normalized spacial score (nSPS) is 9.71. The molecule has 1 radical (unpaired) electrons. The van der Waals surface area contributed by atoms with Crippen LogP contribution >= 0.6 is 0 Å². The van der Waals surface area contributed by atoms with Gasteiger partial charge in [0.1, 0.15) is 5.75 Å². The molecule has 0 saturated carbocycles. The molecule has 85 valence electrons. The van der Waals surface area contributed by atoms with Gasteiger partial charge in [-0.2, -0.15) is 0 Å². The number of benzene rings is 2. The van der Waals surface area contributed by atoms with Gasteiger partial charge in [-0.1, -0.05) is 18.2 Å². The summed E-state index contributed by atoms with van der Waals surface area (Å²) in [6.45, 7) is 0. The largest absolute Gasteiger partial charge is 0.496 e. The first-order chi connectivity index (χ1) is 8.29. The van der Waals surface area contributed by atoms with Gasteiger partial charge in [0.2, 0.25) is 0 Å². The van der Waals surface area contributed by atoms with Crippen molar-refractivity contribution in [3.05, 3.63) is 60.2 Å². The summed E-state index contributed by atoms with van der Waals surface area (Å²) in [6, 6.07) is 17.2. The van der Waals surface area contributed by atoms with Crippen molar-refractivity contribution >= 4 is 11.6 Å². The summed E-state index contributed by atoms with van der Waals surface area (Å²) in [5, 5.41) is 2.80. The molecule has 1 N–H and O–H groups in total. The highest BCUT2D eigenvalue weighted by Gasteiger charge is 2.05. The second-order valence-electron chi connectivity index (χ2n) is 3.47. The molecule has 2 aromatic carbocycles. The van der Waals surface area contributed by atoms with Gasteiger partial charge in [0.05, 0.1) is 7.11 Å². The maximum atomic E-state index is 11.8. The third kappa shape index (κ3) is 2.84. The van der Waals surface area contributed by atoms with Crippen LogP contribution in [0.1, 0.15) is 10.4 Å². The summed E-state index contributed by atoms with van der Waals surface area (Å²) in [7, 11) is 1.57. The minimum Gasteiger partial charge on any atom is -0.496 e. The summed E-state index contributed by atoms with van der Waals surface area (Å²) in [5.74, 6) is 0.455.